The monoisotopic (exact) mass is 820 g/mol. The Morgan fingerprint density at radius 3 is 1.86 bits per heavy atom. The predicted octanol–water partition coefficient (Wildman–Crippen LogP) is 6.24. The van der Waals surface area contributed by atoms with Crippen LogP contribution in [-0.4, -0.2) is 74.6 Å². The van der Waals surface area contributed by atoms with Crippen molar-refractivity contribution in [3.05, 3.63) is 106 Å². The van der Waals surface area contributed by atoms with Crippen LogP contribution in [0.3, 0.4) is 0 Å². The Bertz CT molecular complexity index is 2060. The zero-order chi connectivity index (χ0) is 42.2. The van der Waals surface area contributed by atoms with E-state index in [4.69, 9.17) is 11.5 Å². The number of carbonyl (C=O) groups excluding carboxylic acids is 4. The second kappa shape index (κ2) is 17.4. The maximum atomic E-state index is 14.5. The number of hydrogen-bond acceptors (Lipinski definition) is 7. The number of amides is 4. The van der Waals surface area contributed by atoms with Gasteiger partial charge in [0.05, 0.1) is 24.2 Å². The first-order chi connectivity index (χ1) is 28.1. The predicted molar refractivity (Wildman–Crippen MR) is 235 cm³/mol. The molecule has 59 heavy (non-hydrogen) atoms. The molecule has 1 fully saturated rings. The maximum absolute atomic E-state index is 14.5. The topological polar surface area (TPSA) is 151 Å². The molecule has 3 aromatic carbocycles. The van der Waals surface area contributed by atoms with Gasteiger partial charge in [-0.05, 0) is 109 Å². The molecule has 3 aromatic rings. The average molecular weight is 821 g/mol. The Balaban J connectivity index is 1.16. The molecule has 6 N–H and O–H groups in total. The Morgan fingerprint density at radius 1 is 0.729 bits per heavy atom. The zero-order valence-corrected chi connectivity index (χ0v) is 36.6. The summed E-state index contributed by atoms with van der Waals surface area (Å²) in [6.45, 7) is 12.5. The van der Waals surface area contributed by atoms with E-state index in [1.54, 1.807) is 21.6 Å². The highest BCUT2D eigenvalue weighted by molar-refractivity contribution is 8.00. The number of nitrogens with two attached hydrogens (primary N) is 2. The van der Waals surface area contributed by atoms with Crippen LogP contribution in [0.1, 0.15) is 131 Å². The van der Waals surface area contributed by atoms with Gasteiger partial charge in [0.15, 0.2) is 0 Å². The molecule has 0 radical (unpaired) electrons. The summed E-state index contributed by atoms with van der Waals surface area (Å²) in [7, 11) is 0. The van der Waals surface area contributed by atoms with Crippen LogP contribution in [-0.2, 0) is 45.0 Å². The highest BCUT2D eigenvalue weighted by atomic mass is 32.2. The van der Waals surface area contributed by atoms with Crippen molar-refractivity contribution in [2.45, 2.75) is 146 Å². The highest BCUT2D eigenvalue weighted by Gasteiger charge is 2.46. The van der Waals surface area contributed by atoms with Crippen LogP contribution in [0.5, 0.6) is 0 Å². The second-order valence-corrected chi connectivity index (χ2v) is 20.7. The summed E-state index contributed by atoms with van der Waals surface area (Å²) < 4.78 is -0.541. The van der Waals surface area contributed by atoms with Gasteiger partial charge in [0.1, 0.15) is 12.1 Å². The lowest BCUT2D eigenvalue weighted by atomic mass is 9.86. The molecule has 2 aliphatic carbocycles. The van der Waals surface area contributed by atoms with Crippen LogP contribution in [0.15, 0.2) is 66.7 Å². The summed E-state index contributed by atoms with van der Waals surface area (Å²) in [4.78, 5) is 60.7. The van der Waals surface area contributed by atoms with Crippen molar-refractivity contribution in [2.24, 2.45) is 16.9 Å². The maximum Gasteiger partial charge on any atom is 0.243 e. The lowest BCUT2D eigenvalue weighted by Crippen LogP contribution is -2.60. The molecule has 2 aliphatic heterocycles. The van der Waals surface area contributed by atoms with Gasteiger partial charge in [-0.15, -0.1) is 0 Å². The van der Waals surface area contributed by atoms with E-state index in [1.165, 1.54) is 11.1 Å². The molecule has 11 heteroatoms. The fraction of sp³-hybridized carbons (Fsp3) is 0.542. The average Bonchev–Trinajstić information content (AvgIpc) is 3.68. The van der Waals surface area contributed by atoms with Gasteiger partial charge < -0.3 is 31.9 Å². The SMILES string of the molecule is CCSC(C)(C)[C@H](N)C(=O)N1Cc2cc(C3C[C@@H](C(=O)NC4CCCc5ccccc54)N(C(=O)[C@@H](N)C(C)(C)C)C3)ccc2C[C@H]1C(=O)NC1CCCc2ccccc21. The molecule has 3 unspecified atom stereocenters. The van der Waals surface area contributed by atoms with E-state index in [-0.39, 0.29) is 48.2 Å². The number of aryl methyl sites for hydroxylation is 2. The molecule has 2 heterocycles. The number of rotatable bonds is 10. The first-order valence-electron chi connectivity index (χ1n) is 21.7. The summed E-state index contributed by atoms with van der Waals surface area (Å²) in [6, 6.07) is 19.6. The van der Waals surface area contributed by atoms with Gasteiger partial charge in [-0.25, -0.2) is 0 Å². The van der Waals surface area contributed by atoms with E-state index in [2.05, 4.69) is 60.0 Å². The Morgan fingerprint density at radius 2 is 1.29 bits per heavy atom. The van der Waals surface area contributed by atoms with Gasteiger partial charge in [-0.1, -0.05) is 94.4 Å². The number of hydrogen-bond donors (Lipinski definition) is 4. The molecule has 1 saturated heterocycles. The molecule has 7 atom stereocenters. The Hall–Kier alpha value is -4.19. The summed E-state index contributed by atoms with van der Waals surface area (Å²) in [5.74, 6) is -0.128. The van der Waals surface area contributed by atoms with E-state index in [9.17, 15) is 19.2 Å². The third-order valence-electron chi connectivity index (χ3n) is 13.4. The lowest BCUT2D eigenvalue weighted by Gasteiger charge is -2.41. The first kappa shape index (κ1) is 42.9. The van der Waals surface area contributed by atoms with Gasteiger partial charge in [-0.3, -0.25) is 19.2 Å². The van der Waals surface area contributed by atoms with Crippen LogP contribution >= 0.6 is 11.8 Å². The van der Waals surface area contributed by atoms with E-state index in [0.717, 1.165) is 72.1 Å². The van der Waals surface area contributed by atoms with Gasteiger partial charge in [0.25, 0.3) is 0 Å². The van der Waals surface area contributed by atoms with Crippen LogP contribution in [0.25, 0.3) is 0 Å². The van der Waals surface area contributed by atoms with Gasteiger partial charge in [-0.2, -0.15) is 11.8 Å². The Labute approximate surface area is 355 Å². The van der Waals surface area contributed by atoms with Crippen LogP contribution in [0.4, 0.5) is 0 Å². The number of benzene rings is 3. The fourth-order valence-electron chi connectivity index (χ4n) is 9.72. The third kappa shape index (κ3) is 8.98. The molecule has 0 saturated carbocycles. The molecule has 0 bridgehead atoms. The number of thioether (sulfide) groups is 1. The minimum Gasteiger partial charge on any atom is -0.347 e. The quantitative estimate of drug-likeness (QED) is 0.189. The van der Waals surface area contributed by atoms with Gasteiger partial charge >= 0.3 is 0 Å². The Kier molecular flexibility index (Phi) is 12.7. The van der Waals surface area contributed by atoms with Crippen molar-refractivity contribution >= 4 is 35.4 Å². The minimum absolute atomic E-state index is 0.114. The van der Waals surface area contributed by atoms with Crippen molar-refractivity contribution in [1.29, 1.82) is 0 Å². The number of likely N-dealkylation sites (tertiary alicyclic amines) is 1. The number of nitrogens with zero attached hydrogens (tertiary/aromatic N) is 2. The first-order valence-corrected chi connectivity index (χ1v) is 22.7. The molecule has 316 valence electrons. The van der Waals surface area contributed by atoms with Crippen molar-refractivity contribution in [3.63, 3.8) is 0 Å². The molecule has 4 amide bonds. The smallest absolute Gasteiger partial charge is 0.243 e. The van der Waals surface area contributed by atoms with E-state index in [0.29, 0.717) is 19.4 Å². The highest BCUT2D eigenvalue weighted by Crippen LogP contribution is 2.39. The van der Waals surface area contributed by atoms with Crippen molar-refractivity contribution in [1.82, 2.24) is 20.4 Å². The summed E-state index contributed by atoms with van der Waals surface area (Å²) >= 11 is 1.64. The number of fused-ring (bicyclic) bond motifs is 3. The largest absolute Gasteiger partial charge is 0.347 e. The molecule has 4 aliphatic rings. The van der Waals surface area contributed by atoms with Gasteiger partial charge in [0.2, 0.25) is 23.6 Å². The lowest BCUT2D eigenvalue weighted by molar-refractivity contribution is -0.143. The molecule has 0 aromatic heterocycles. The standard InChI is InChI=1S/C48H64N6O4S/c1-7-59-48(5,6)42(50)46(58)54-27-33-24-31(22-23-32(33)25-39(54)43(55)51-37-20-12-16-29-14-8-10-18-35(29)37)34-26-40(53(28-34)45(57)41(49)47(2,3)4)44(56)52-38-21-13-17-30-15-9-11-19-36(30)38/h8-11,14-15,18-19,22-24,34,37-42H,7,12-13,16-17,20-21,25-28,49-50H2,1-6H3,(H,51,55)(H,52,56)/t34?,37?,38?,39-,40-,41+,42+/m0/s1. The number of carbonyl (C=O) groups is 4. The zero-order valence-electron chi connectivity index (χ0n) is 35.8. The molecule has 7 rings (SSSR count). The third-order valence-corrected chi connectivity index (χ3v) is 14.7. The summed E-state index contributed by atoms with van der Waals surface area (Å²) in [6.07, 6.45) is 6.45. The molecule has 10 nitrogen and oxygen atoms in total. The normalized spacial score (nSPS) is 24.0. The fourth-order valence-corrected chi connectivity index (χ4v) is 10.7. The number of nitrogens with one attached hydrogen (secondary N) is 2. The van der Waals surface area contributed by atoms with Crippen molar-refractivity contribution in [3.8, 4) is 0 Å². The summed E-state index contributed by atoms with van der Waals surface area (Å²) in [5, 5.41) is 6.67. The van der Waals surface area contributed by atoms with Crippen LogP contribution in [0, 0.1) is 5.41 Å². The molecule has 0 spiro atoms. The summed E-state index contributed by atoms with van der Waals surface area (Å²) in [5.41, 5.74) is 20.6. The second-order valence-electron chi connectivity index (χ2n) is 18.8. The molecular formula is C48H64N6O4S. The van der Waals surface area contributed by atoms with Crippen molar-refractivity contribution in [2.75, 3.05) is 12.3 Å². The van der Waals surface area contributed by atoms with Crippen molar-refractivity contribution < 1.29 is 19.2 Å². The minimum atomic E-state index is -0.820. The van der Waals surface area contributed by atoms with E-state index in [1.807, 2.05) is 58.9 Å². The van der Waals surface area contributed by atoms with Gasteiger partial charge in [0, 0.05) is 30.2 Å². The molecular weight excluding hydrogens is 757 g/mol. The van der Waals surface area contributed by atoms with Crippen LogP contribution < -0.4 is 22.1 Å². The van der Waals surface area contributed by atoms with E-state index < -0.39 is 34.3 Å². The van der Waals surface area contributed by atoms with E-state index >= 15 is 0 Å². The van der Waals surface area contributed by atoms with Crippen LogP contribution in [0.2, 0.25) is 0 Å².